The summed E-state index contributed by atoms with van der Waals surface area (Å²) in [5, 5.41) is 9.29. The van der Waals surface area contributed by atoms with E-state index in [2.05, 4.69) is 59.4 Å². The highest BCUT2D eigenvalue weighted by molar-refractivity contribution is 6.88. The molecule has 8 heteroatoms. The molecule has 0 unspecified atom stereocenters. The third-order valence-corrected chi connectivity index (χ3v) is 9.10. The van der Waals surface area contributed by atoms with Crippen LogP contribution < -0.4 is 20.6 Å². The SMILES string of the molecule is COc1ccc([Si](C)(C)C)cc1NC(=O)Nc1ccc(-c2cccc(CN3CCOCC3)n2)c2ccccc12. The number of methoxy groups -OCH3 is 1. The van der Waals surface area contributed by atoms with E-state index >= 15 is 0 Å². The first-order valence-corrected chi connectivity index (χ1v) is 16.9. The predicted molar refractivity (Wildman–Crippen MR) is 162 cm³/mol. The minimum Gasteiger partial charge on any atom is -0.495 e. The van der Waals surface area contributed by atoms with Gasteiger partial charge in [-0.2, -0.15) is 0 Å². The molecule has 1 fully saturated rings. The van der Waals surface area contributed by atoms with E-state index in [1.165, 1.54) is 5.19 Å². The number of nitrogens with zero attached hydrogens (tertiary/aromatic N) is 2. The van der Waals surface area contributed by atoms with E-state index in [0.717, 1.165) is 66.3 Å². The monoisotopic (exact) mass is 540 g/mol. The Bertz CT molecular complexity index is 1480. The highest BCUT2D eigenvalue weighted by Crippen LogP contribution is 2.33. The van der Waals surface area contributed by atoms with Crippen LogP contribution in [0.1, 0.15) is 5.69 Å². The molecule has 2 N–H and O–H groups in total. The van der Waals surface area contributed by atoms with Gasteiger partial charge in [0, 0.05) is 30.6 Å². The number of benzene rings is 3. The molecule has 0 aliphatic carbocycles. The maximum atomic E-state index is 13.2. The van der Waals surface area contributed by atoms with Gasteiger partial charge in [0.1, 0.15) is 5.75 Å². The van der Waals surface area contributed by atoms with Crippen LogP contribution in [0.2, 0.25) is 19.6 Å². The molecule has 2 heterocycles. The molecular formula is C31H36N4O3Si. The van der Waals surface area contributed by atoms with Crippen LogP contribution in [0.5, 0.6) is 5.75 Å². The van der Waals surface area contributed by atoms with Gasteiger partial charge >= 0.3 is 6.03 Å². The molecule has 0 atom stereocenters. The number of amides is 2. The Morgan fingerprint density at radius 3 is 2.41 bits per heavy atom. The van der Waals surface area contributed by atoms with Crippen molar-refractivity contribution < 1.29 is 14.3 Å². The zero-order valence-electron chi connectivity index (χ0n) is 23.1. The Balaban J connectivity index is 1.40. The van der Waals surface area contributed by atoms with E-state index in [9.17, 15) is 4.79 Å². The van der Waals surface area contributed by atoms with Crippen molar-refractivity contribution in [3.63, 3.8) is 0 Å². The third-order valence-electron chi connectivity index (χ3n) is 7.06. The molecule has 7 nitrogen and oxygen atoms in total. The first-order chi connectivity index (χ1) is 18.8. The van der Waals surface area contributed by atoms with Gasteiger partial charge in [0.25, 0.3) is 0 Å². The Kier molecular flexibility index (Phi) is 7.97. The molecule has 0 saturated carbocycles. The summed E-state index contributed by atoms with van der Waals surface area (Å²) in [7, 11) is 0.0551. The minimum absolute atomic E-state index is 0.315. The fraction of sp³-hybridized carbons (Fsp3) is 0.290. The molecule has 0 radical (unpaired) electrons. The second-order valence-corrected chi connectivity index (χ2v) is 15.9. The zero-order valence-corrected chi connectivity index (χ0v) is 24.1. The summed E-state index contributed by atoms with van der Waals surface area (Å²) in [6.45, 7) is 11.0. The van der Waals surface area contributed by atoms with Gasteiger partial charge in [-0.25, -0.2) is 4.79 Å². The molecule has 1 aliphatic heterocycles. The summed E-state index contributed by atoms with van der Waals surface area (Å²) in [6, 6.07) is 24.0. The highest BCUT2D eigenvalue weighted by atomic mass is 28.3. The molecule has 4 aromatic rings. The molecule has 39 heavy (non-hydrogen) atoms. The van der Waals surface area contributed by atoms with Crippen molar-refractivity contribution in [1.82, 2.24) is 9.88 Å². The first kappa shape index (κ1) is 26.9. The molecule has 2 amide bonds. The van der Waals surface area contributed by atoms with Crippen molar-refractivity contribution in [2.24, 2.45) is 0 Å². The lowest BCUT2D eigenvalue weighted by molar-refractivity contribution is 0.0336. The molecule has 1 saturated heterocycles. The van der Waals surface area contributed by atoms with Crippen molar-refractivity contribution in [3.05, 3.63) is 78.5 Å². The number of carbonyl (C=O) groups excluding carboxylic acids is 1. The number of hydrogen-bond acceptors (Lipinski definition) is 5. The molecule has 1 aliphatic rings. The van der Waals surface area contributed by atoms with Gasteiger partial charge in [-0.15, -0.1) is 0 Å². The van der Waals surface area contributed by atoms with Crippen LogP contribution in [0, 0.1) is 0 Å². The lowest BCUT2D eigenvalue weighted by Crippen LogP contribution is -2.37. The number of anilines is 2. The number of pyridine rings is 1. The summed E-state index contributed by atoms with van der Waals surface area (Å²) in [4.78, 5) is 20.5. The average Bonchev–Trinajstić information content (AvgIpc) is 2.93. The summed E-state index contributed by atoms with van der Waals surface area (Å²) >= 11 is 0. The second-order valence-electron chi connectivity index (χ2n) is 10.9. The number of ether oxygens (including phenoxy) is 2. The molecule has 0 bridgehead atoms. The van der Waals surface area contributed by atoms with E-state index in [-0.39, 0.29) is 6.03 Å². The number of fused-ring (bicyclic) bond motifs is 1. The van der Waals surface area contributed by atoms with Crippen molar-refractivity contribution in [2.45, 2.75) is 26.2 Å². The standard InChI is InChI=1S/C31H36N4O3Si/c1-37-30-15-12-23(39(2,3)4)20-29(30)34-31(36)33-28-14-13-26(24-9-5-6-10-25(24)28)27-11-7-8-22(32-27)21-35-16-18-38-19-17-35/h5-15,20H,16-19,21H2,1-4H3,(H2,33,34,36). The smallest absolute Gasteiger partial charge is 0.323 e. The van der Waals surface area contributed by atoms with Crippen LogP contribution in [0.4, 0.5) is 16.2 Å². The zero-order chi connectivity index (χ0) is 27.4. The van der Waals surface area contributed by atoms with Crippen LogP contribution in [-0.2, 0) is 11.3 Å². The Hall–Kier alpha value is -3.72. The lowest BCUT2D eigenvalue weighted by atomic mass is 10.00. The Morgan fingerprint density at radius 2 is 1.67 bits per heavy atom. The number of hydrogen-bond donors (Lipinski definition) is 2. The average molecular weight is 541 g/mol. The summed E-state index contributed by atoms with van der Waals surface area (Å²) in [5.74, 6) is 0.635. The van der Waals surface area contributed by atoms with E-state index in [0.29, 0.717) is 11.4 Å². The van der Waals surface area contributed by atoms with Crippen LogP contribution in [0.15, 0.2) is 72.8 Å². The summed E-state index contributed by atoms with van der Waals surface area (Å²) in [5.41, 5.74) is 4.38. The van der Waals surface area contributed by atoms with Gasteiger partial charge < -0.3 is 20.1 Å². The number of nitrogens with one attached hydrogen (secondary N) is 2. The maximum absolute atomic E-state index is 13.2. The number of urea groups is 1. The number of carbonyl (C=O) groups is 1. The summed E-state index contributed by atoms with van der Waals surface area (Å²) in [6.07, 6.45) is 0. The van der Waals surface area contributed by atoms with Crippen molar-refractivity contribution in [3.8, 4) is 17.0 Å². The van der Waals surface area contributed by atoms with E-state index in [4.69, 9.17) is 14.5 Å². The van der Waals surface area contributed by atoms with Gasteiger partial charge in [-0.05, 0) is 35.7 Å². The quantitative estimate of drug-likeness (QED) is 0.284. The van der Waals surface area contributed by atoms with Gasteiger partial charge in [-0.1, -0.05) is 67.3 Å². The van der Waals surface area contributed by atoms with E-state index in [1.54, 1.807) is 7.11 Å². The third kappa shape index (κ3) is 6.30. The first-order valence-electron chi connectivity index (χ1n) is 13.4. The van der Waals surface area contributed by atoms with Crippen LogP contribution in [-0.4, -0.2) is 57.4 Å². The predicted octanol–water partition coefficient (Wildman–Crippen LogP) is 5.93. The molecule has 3 aromatic carbocycles. The van der Waals surface area contributed by atoms with Gasteiger partial charge in [-0.3, -0.25) is 9.88 Å². The topological polar surface area (TPSA) is 75.7 Å². The molecule has 202 valence electrons. The van der Waals surface area contributed by atoms with Crippen molar-refractivity contribution >= 4 is 41.4 Å². The van der Waals surface area contributed by atoms with Crippen LogP contribution in [0.3, 0.4) is 0 Å². The number of morpholine rings is 1. The van der Waals surface area contributed by atoms with E-state index < -0.39 is 8.07 Å². The van der Waals surface area contributed by atoms with Gasteiger partial charge in [0.15, 0.2) is 0 Å². The Labute approximate surface area is 231 Å². The van der Waals surface area contributed by atoms with Crippen molar-refractivity contribution in [2.75, 3.05) is 44.0 Å². The fourth-order valence-corrected chi connectivity index (χ4v) is 6.05. The maximum Gasteiger partial charge on any atom is 0.323 e. The van der Waals surface area contributed by atoms with Crippen LogP contribution >= 0.6 is 0 Å². The Morgan fingerprint density at radius 1 is 0.923 bits per heavy atom. The molecular weight excluding hydrogens is 504 g/mol. The second kappa shape index (κ2) is 11.6. The molecule has 1 aromatic heterocycles. The number of rotatable bonds is 7. The van der Waals surface area contributed by atoms with Gasteiger partial charge in [0.2, 0.25) is 0 Å². The lowest BCUT2D eigenvalue weighted by Gasteiger charge is -2.26. The van der Waals surface area contributed by atoms with E-state index in [1.807, 2.05) is 48.5 Å². The molecule has 5 rings (SSSR count). The van der Waals surface area contributed by atoms with Crippen molar-refractivity contribution in [1.29, 1.82) is 0 Å². The van der Waals surface area contributed by atoms with Crippen LogP contribution in [0.25, 0.3) is 22.0 Å². The fourth-order valence-electron chi connectivity index (χ4n) is 4.89. The normalized spacial score (nSPS) is 14.3. The largest absolute Gasteiger partial charge is 0.495 e. The minimum atomic E-state index is -1.56. The summed E-state index contributed by atoms with van der Waals surface area (Å²) < 4.78 is 11.0. The number of aromatic nitrogens is 1. The van der Waals surface area contributed by atoms with Gasteiger partial charge in [0.05, 0.1) is 51.2 Å². The molecule has 0 spiro atoms. The highest BCUT2D eigenvalue weighted by Gasteiger charge is 2.19.